The van der Waals surface area contributed by atoms with Crippen molar-refractivity contribution in [3.05, 3.63) is 16.1 Å². The van der Waals surface area contributed by atoms with E-state index < -0.39 is 5.60 Å². The molecule has 1 saturated heterocycles. The van der Waals surface area contributed by atoms with Gasteiger partial charge in [0.05, 0.1) is 29.9 Å². The summed E-state index contributed by atoms with van der Waals surface area (Å²) in [5.74, 6) is -0.0258. The molecule has 0 aromatic carbocycles. The lowest BCUT2D eigenvalue weighted by Gasteiger charge is -2.43. The molecule has 0 unspecified atom stereocenters. The highest BCUT2D eigenvalue weighted by atomic mass is 32.1. The number of aromatic nitrogens is 1. The molecule has 0 atom stereocenters. The van der Waals surface area contributed by atoms with E-state index in [-0.39, 0.29) is 5.91 Å². The second kappa shape index (κ2) is 3.03. The molecule has 0 spiro atoms. The molecule has 14 heavy (non-hydrogen) atoms. The molecule has 2 rings (SSSR count). The highest BCUT2D eigenvalue weighted by Crippen LogP contribution is 2.23. The first-order chi connectivity index (χ1) is 6.48. The first-order valence-electron chi connectivity index (χ1n) is 4.42. The highest BCUT2D eigenvalue weighted by molar-refractivity contribution is 7.13. The zero-order chi connectivity index (χ0) is 10.3. The lowest BCUT2D eigenvalue weighted by Crippen LogP contribution is -2.61. The van der Waals surface area contributed by atoms with E-state index in [0.29, 0.717) is 18.0 Å². The van der Waals surface area contributed by atoms with Gasteiger partial charge in [0.25, 0.3) is 5.91 Å². The Bertz CT molecular complexity index is 365. The molecule has 4 nitrogen and oxygen atoms in total. The van der Waals surface area contributed by atoms with E-state index in [9.17, 15) is 9.90 Å². The van der Waals surface area contributed by atoms with Crippen LogP contribution in [0.3, 0.4) is 0 Å². The average Bonchev–Trinajstić information content (AvgIpc) is 2.46. The van der Waals surface area contributed by atoms with Crippen LogP contribution in [-0.4, -0.2) is 39.6 Å². The van der Waals surface area contributed by atoms with Crippen LogP contribution >= 0.6 is 11.3 Å². The van der Waals surface area contributed by atoms with E-state index >= 15 is 0 Å². The third-order valence-electron chi connectivity index (χ3n) is 2.18. The largest absolute Gasteiger partial charge is 0.386 e. The second-order valence-electron chi connectivity index (χ2n) is 3.90. The molecule has 1 aliphatic heterocycles. The number of amides is 1. The third-order valence-corrected chi connectivity index (χ3v) is 3.08. The summed E-state index contributed by atoms with van der Waals surface area (Å²) >= 11 is 1.39. The molecule has 0 aliphatic carbocycles. The van der Waals surface area contributed by atoms with Gasteiger partial charge in [-0.05, 0) is 13.8 Å². The van der Waals surface area contributed by atoms with Gasteiger partial charge in [-0.25, -0.2) is 4.98 Å². The number of carbonyl (C=O) groups is 1. The van der Waals surface area contributed by atoms with E-state index in [4.69, 9.17) is 0 Å². The van der Waals surface area contributed by atoms with Crippen molar-refractivity contribution in [3.8, 4) is 0 Å². The fourth-order valence-electron chi connectivity index (χ4n) is 1.54. The molecule has 1 aromatic heterocycles. The van der Waals surface area contributed by atoms with E-state index in [1.165, 1.54) is 11.3 Å². The minimum absolute atomic E-state index is 0.0258. The Morgan fingerprint density at radius 3 is 2.79 bits per heavy atom. The van der Waals surface area contributed by atoms with Crippen LogP contribution in [0.5, 0.6) is 0 Å². The van der Waals surface area contributed by atoms with Crippen LogP contribution in [0, 0.1) is 6.92 Å². The number of aliphatic hydroxyl groups is 1. The molecule has 0 bridgehead atoms. The SMILES string of the molecule is Cc1ncc(C(=O)N2CC(C)(O)C2)s1. The van der Waals surface area contributed by atoms with Gasteiger partial charge in [-0.2, -0.15) is 0 Å². The van der Waals surface area contributed by atoms with Gasteiger partial charge in [0.2, 0.25) is 0 Å². The fraction of sp³-hybridized carbons (Fsp3) is 0.556. The van der Waals surface area contributed by atoms with Gasteiger partial charge in [-0.3, -0.25) is 4.79 Å². The van der Waals surface area contributed by atoms with E-state index in [1.54, 1.807) is 18.0 Å². The number of nitrogens with zero attached hydrogens (tertiary/aromatic N) is 2. The number of thiazole rings is 1. The summed E-state index contributed by atoms with van der Waals surface area (Å²) in [4.78, 5) is 18.0. The molecule has 76 valence electrons. The van der Waals surface area contributed by atoms with Crippen molar-refractivity contribution in [1.29, 1.82) is 0 Å². The Labute approximate surface area is 86.2 Å². The molecule has 0 saturated carbocycles. The number of likely N-dealkylation sites (tertiary alicyclic amines) is 1. The Hall–Kier alpha value is -0.940. The lowest BCUT2D eigenvalue weighted by atomic mass is 9.97. The minimum Gasteiger partial charge on any atom is -0.386 e. The summed E-state index contributed by atoms with van der Waals surface area (Å²) in [5.41, 5.74) is -0.699. The maximum absolute atomic E-state index is 11.7. The Morgan fingerprint density at radius 2 is 2.36 bits per heavy atom. The summed E-state index contributed by atoms with van der Waals surface area (Å²) in [6.45, 7) is 4.44. The fourth-order valence-corrected chi connectivity index (χ4v) is 2.28. The van der Waals surface area contributed by atoms with Crippen molar-refractivity contribution >= 4 is 17.2 Å². The molecule has 5 heteroatoms. The van der Waals surface area contributed by atoms with Gasteiger partial charge >= 0.3 is 0 Å². The first-order valence-corrected chi connectivity index (χ1v) is 5.24. The zero-order valence-electron chi connectivity index (χ0n) is 8.15. The predicted octanol–water partition coefficient (Wildman–Crippen LogP) is 0.658. The zero-order valence-corrected chi connectivity index (χ0v) is 8.97. The number of rotatable bonds is 1. The van der Waals surface area contributed by atoms with Crippen LogP contribution in [0.25, 0.3) is 0 Å². The van der Waals surface area contributed by atoms with Gasteiger partial charge < -0.3 is 10.0 Å². The van der Waals surface area contributed by atoms with E-state index in [2.05, 4.69) is 4.98 Å². The number of hydrogen-bond acceptors (Lipinski definition) is 4. The van der Waals surface area contributed by atoms with Crippen LogP contribution in [-0.2, 0) is 0 Å². The normalized spacial score (nSPS) is 19.2. The van der Waals surface area contributed by atoms with E-state index in [0.717, 1.165) is 5.01 Å². The summed E-state index contributed by atoms with van der Waals surface area (Å²) in [5, 5.41) is 10.4. The second-order valence-corrected chi connectivity index (χ2v) is 5.14. The van der Waals surface area contributed by atoms with Crippen molar-refractivity contribution < 1.29 is 9.90 Å². The van der Waals surface area contributed by atoms with Crippen LogP contribution in [0.2, 0.25) is 0 Å². The third kappa shape index (κ3) is 1.65. The lowest BCUT2D eigenvalue weighted by molar-refractivity contribution is -0.0667. The van der Waals surface area contributed by atoms with Crippen LogP contribution in [0.1, 0.15) is 21.6 Å². The smallest absolute Gasteiger partial charge is 0.265 e. The number of β-amino-alcohol motifs (C(OH)–C–C–N with tert-alkyl or cyclic N) is 1. The summed E-state index contributed by atoms with van der Waals surface area (Å²) < 4.78 is 0. The van der Waals surface area contributed by atoms with Crippen LogP contribution in [0.15, 0.2) is 6.20 Å². The Kier molecular flexibility index (Phi) is 2.08. The summed E-state index contributed by atoms with van der Waals surface area (Å²) in [7, 11) is 0. The minimum atomic E-state index is -0.699. The molecule has 1 N–H and O–H groups in total. The van der Waals surface area contributed by atoms with Gasteiger partial charge in [-0.1, -0.05) is 0 Å². The van der Waals surface area contributed by atoms with Crippen molar-refractivity contribution in [2.24, 2.45) is 0 Å². The Balaban J connectivity index is 2.04. The summed E-state index contributed by atoms with van der Waals surface area (Å²) in [6.07, 6.45) is 1.59. The molecule has 1 aromatic rings. The van der Waals surface area contributed by atoms with Crippen LogP contribution < -0.4 is 0 Å². The summed E-state index contributed by atoms with van der Waals surface area (Å²) in [6, 6.07) is 0. The highest BCUT2D eigenvalue weighted by Gasteiger charge is 2.40. The maximum Gasteiger partial charge on any atom is 0.265 e. The number of aryl methyl sites for hydroxylation is 1. The first kappa shape index (κ1) is 9.61. The van der Waals surface area contributed by atoms with Gasteiger partial charge in [-0.15, -0.1) is 11.3 Å². The molecule has 1 aliphatic rings. The van der Waals surface area contributed by atoms with Crippen molar-refractivity contribution in [2.75, 3.05) is 13.1 Å². The number of carbonyl (C=O) groups excluding carboxylic acids is 1. The van der Waals surface area contributed by atoms with Gasteiger partial charge in [0.15, 0.2) is 0 Å². The average molecular weight is 212 g/mol. The van der Waals surface area contributed by atoms with E-state index in [1.807, 2.05) is 6.92 Å². The molecular formula is C9H12N2O2S. The van der Waals surface area contributed by atoms with Gasteiger partial charge in [0.1, 0.15) is 4.88 Å². The molecular weight excluding hydrogens is 200 g/mol. The van der Waals surface area contributed by atoms with Crippen LogP contribution in [0.4, 0.5) is 0 Å². The molecule has 0 radical (unpaired) electrons. The number of hydrogen-bond donors (Lipinski definition) is 1. The topological polar surface area (TPSA) is 53.4 Å². The predicted molar refractivity (Wildman–Crippen MR) is 53.4 cm³/mol. The van der Waals surface area contributed by atoms with Crippen molar-refractivity contribution in [3.63, 3.8) is 0 Å². The van der Waals surface area contributed by atoms with Crippen molar-refractivity contribution in [2.45, 2.75) is 19.4 Å². The standard InChI is InChI=1S/C9H12N2O2S/c1-6-10-3-7(14-6)8(12)11-4-9(2,13)5-11/h3,13H,4-5H2,1-2H3. The molecule has 1 fully saturated rings. The van der Waals surface area contributed by atoms with Crippen molar-refractivity contribution in [1.82, 2.24) is 9.88 Å². The van der Waals surface area contributed by atoms with Gasteiger partial charge in [0, 0.05) is 0 Å². The monoisotopic (exact) mass is 212 g/mol. The Morgan fingerprint density at radius 1 is 1.71 bits per heavy atom. The molecule has 1 amide bonds. The molecule has 2 heterocycles. The maximum atomic E-state index is 11.7. The quantitative estimate of drug-likeness (QED) is 0.744.